The average Bonchev–Trinajstić information content (AvgIpc) is 2.16. The van der Waals surface area contributed by atoms with E-state index in [9.17, 15) is 13.2 Å². The van der Waals surface area contributed by atoms with Gasteiger partial charge in [0.2, 0.25) is 0 Å². The summed E-state index contributed by atoms with van der Waals surface area (Å²) in [5.74, 6) is 0. The summed E-state index contributed by atoms with van der Waals surface area (Å²) in [6, 6.07) is 4.02. The van der Waals surface area contributed by atoms with E-state index in [-0.39, 0.29) is 4.90 Å². The lowest BCUT2D eigenvalue weighted by atomic mass is 10.3. The van der Waals surface area contributed by atoms with Crippen molar-refractivity contribution < 1.29 is 13.2 Å². The first kappa shape index (κ1) is 13.3. The Morgan fingerprint density at radius 1 is 1.24 bits per heavy atom. The summed E-state index contributed by atoms with van der Waals surface area (Å²) in [6.45, 7) is 3.14. The predicted octanol–water partition coefficient (Wildman–Crippen LogP) is 0.747. The highest BCUT2D eigenvalue weighted by Crippen LogP contribution is 2.19. The van der Waals surface area contributed by atoms with Crippen LogP contribution in [0, 0.1) is 0 Å². The van der Waals surface area contributed by atoms with Crippen molar-refractivity contribution in [2.24, 2.45) is 5.73 Å². The lowest BCUT2D eigenvalue weighted by Crippen LogP contribution is -2.44. The van der Waals surface area contributed by atoms with E-state index in [0.717, 1.165) is 0 Å². The second-order valence-electron chi connectivity index (χ2n) is 3.80. The van der Waals surface area contributed by atoms with Crippen molar-refractivity contribution in [3.63, 3.8) is 0 Å². The fourth-order valence-electron chi connectivity index (χ4n) is 1.40. The minimum absolute atomic E-state index is 0.0146. The quantitative estimate of drug-likeness (QED) is 0.779. The number of carbonyl (C=O) groups is 1. The Balaban J connectivity index is 3.26. The van der Waals surface area contributed by atoms with E-state index in [4.69, 9.17) is 11.5 Å². The zero-order valence-corrected chi connectivity index (χ0v) is 10.4. The molecule has 0 atom stereocenters. The number of hydrogen-bond donors (Lipinski definition) is 2. The number of sulfonamides is 1. The van der Waals surface area contributed by atoms with Gasteiger partial charge in [0.25, 0.3) is 10.0 Å². The SMILES string of the molecule is CC(C)N(C(N)=O)S(=O)(=O)c1ccc(N)cc1. The first-order valence-corrected chi connectivity index (χ1v) is 6.40. The first-order chi connectivity index (χ1) is 7.76. The molecule has 1 aromatic rings. The maximum Gasteiger partial charge on any atom is 0.328 e. The van der Waals surface area contributed by atoms with Gasteiger partial charge in [0.15, 0.2) is 0 Å². The van der Waals surface area contributed by atoms with Crippen LogP contribution in [-0.4, -0.2) is 24.8 Å². The van der Waals surface area contributed by atoms with Crippen molar-refractivity contribution in [3.8, 4) is 0 Å². The molecule has 17 heavy (non-hydrogen) atoms. The zero-order chi connectivity index (χ0) is 13.2. The number of hydrogen-bond acceptors (Lipinski definition) is 4. The third-order valence-corrected chi connectivity index (χ3v) is 4.11. The Kier molecular flexibility index (Phi) is 3.62. The van der Waals surface area contributed by atoms with Gasteiger partial charge in [-0.2, -0.15) is 0 Å². The van der Waals surface area contributed by atoms with Crippen LogP contribution >= 0.6 is 0 Å². The van der Waals surface area contributed by atoms with E-state index in [1.54, 1.807) is 13.8 Å². The van der Waals surface area contributed by atoms with Crippen LogP contribution in [0.1, 0.15) is 13.8 Å². The Morgan fingerprint density at radius 3 is 2.06 bits per heavy atom. The fraction of sp³-hybridized carbons (Fsp3) is 0.300. The molecule has 0 fully saturated rings. The molecule has 0 spiro atoms. The third kappa shape index (κ3) is 2.68. The predicted molar refractivity (Wildman–Crippen MR) is 64.6 cm³/mol. The Bertz CT molecular complexity index is 508. The van der Waals surface area contributed by atoms with Crippen molar-refractivity contribution >= 4 is 21.7 Å². The summed E-state index contributed by atoms with van der Waals surface area (Å²) in [4.78, 5) is 11.2. The molecule has 0 saturated heterocycles. The van der Waals surface area contributed by atoms with Gasteiger partial charge in [0, 0.05) is 11.7 Å². The van der Waals surface area contributed by atoms with Crippen LogP contribution in [0.3, 0.4) is 0 Å². The maximum atomic E-state index is 12.1. The molecule has 6 nitrogen and oxygen atoms in total. The van der Waals surface area contributed by atoms with Gasteiger partial charge in [-0.05, 0) is 38.1 Å². The van der Waals surface area contributed by atoms with Crippen LogP contribution in [0.25, 0.3) is 0 Å². The van der Waals surface area contributed by atoms with Gasteiger partial charge in [0.05, 0.1) is 4.90 Å². The van der Waals surface area contributed by atoms with Crippen molar-refractivity contribution in [2.45, 2.75) is 24.8 Å². The molecular formula is C10H15N3O3S. The van der Waals surface area contributed by atoms with Gasteiger partial charge in [-0.15, -0.1) is 0 Å². The molecule has 0 aliphatic heterocycles. The minimum atomic E-state index is -3.91. The molecule has 2 amide bonds. The van der Waals surface area contributed by atoms with Crippen molar-refractivity contribution in [1.29, 1.82) is 0 Å². The molecule has 0 bridgehead atoms. The van der Waals surface area contributed by atoms with Gasteiger partial charge >= 0.3 is 6.03 Å². The smallest absolute Gasteiger partial charge is 0.328 e. The zero-order valence-electron chi connectivity index (χ0n) is 9.62. The van der Waals surface area contributed by atoms with Gasteiger partial charge in [-0.1, -0.05) is 0 Å². The summed E-state index contributed by atoms with van der Waals surface area (Å²) >= 11 is 0. The monoisotopic (exact) mass is 257 g/mol. The second kappa shape index (κ2) is 4.62. The van der Waals surface area contributed by atoms with E-state index in [1.807, 2.05) is 0 Å². The van der Waals surface area contributed by atoms with Crippen LogP contribution in [0.2, 0.25) is 0 Å². The van der Waals surface area contributed by atoms with Crippen LogP contribution < -0.4 is 11.5 Å². The fourth-order valence-corrected chi connectivity index (χ4v) is 2.90. The largest absolute Gasteiger partial charge is 0.399 e. The Morgan fingerprint density at radius 2 is 1.71 bits per heavy atom. The summed E-state index contributed by atoms with van der Waals surface area (Å²) in [6.07, 6.45) is 0. The van der Waals surface area contributed by atoms with Crippen LogP contribution in [0.5, 0.6) is 0 Å². The molecule has 0 aromatic heterocycles. The number of nitrogens with two attached hydrogens (primary N) is 2. The van der Waals surface area contributed by atoms with E-state index in [0.29, 0.717) is 9.99 Å². The highest BCUT2D eigenvalue weighted by atomic mass is 32.2. The summed E-state index contributed by atoms with van der Waals surface area (Å²) < 4.78 is 24.9. The van der Waals surface area contributed by atoms with Crippen LogP contribution in [0.15, 0.2) is 29.2 Å². The summed E-state index contributed by atoms with van der Waals surface area (Å²) in [5, 5.41) is 0. The van der Waals surface area contributed by atoms with Crippen molar-refractivity contribution in [3.05, 3.63) is 24.3 Å². The minimum Gasteiger partial charge on any atom is -0.399 e. The molecule has 0 saturated carbocycles. The first-order valence-electron chi connectivity index (χ1n) is 4.96. The molecular weight excluding hydrogens is 242 g/mol. The average molecular weight is 257 g/mol. The number of carbonyl (C=O) groups excluding carboxylic acids is 1. The number of amides is 2. The van der Waals surface area contributed by atoms with E-state index in [1.165, 1.54) is 24.3 Å². The molecule has 0 aliphatic rings. The van der Waals surface area contributed by atoms with Gasteiger partial charge in [-0.3, -0.25) is 0 Å². The summed E-state index contributed by atoms with van der Waals surface area (Å²) in [5.41, 5.74) is 11.0. The standard InChI is InChI=1S/C10H15N3O3S/c1-7(2)13(10(12)14)17(15,16)9-5-3-8(11)4-6-9/h3-7H,11H2,1-2H3,(H2,12,14). The van der Waals surface area contributed by atoms with Crippen molar-refractivity contribution in [2.75, 3.05) is 5.73 Å². The molecule has 4 N–H and O–H groups in total. The maximum absolute atomic E-state index is 12.1. The summed E-state index contributed by atoms with van der Waals surface area (Å²) in [7, 11) is -3.91. The Hall–Kier alpha value is -1.76. The molecule has 0 radical (unpaired) electrons. The second-order valence-corrected chi connectivity index (χ2v) is 5.62. The number of rotatable bonds is 3. The van der Waals surface area contributed by atoms with Gasteiger partial charge in [0.1, 0.15) is 0 Å². The number of urea groups is 1. The molecule has 94 valence electrons. The van der Waals surface area contributed by atoms with Crippen LogP contribution in [-0.2, 0) is 10.0 Å². The Labute approximate surface area is 100 Å². The van der Waals surface area contributed by atoms with Gasteiger partial charge in [-0.25, -0.2) is 17.5 Å². The normalized spacial score (nSPS) is 11.5. The molecule has 7 heteroatoms. The molecule has 0 unspecified atom stereocenters. The lowest BCUT2D eigenvalue weighted by Gasteiger charge is -2.23. The highest BCUT2D eigenvalue weighted by Gasteiger charge is 2.29. The number of primary amides is 1. The number of nitrogens with zero attached hydrogens (tertiary/aromatic N) is 1. The third-order valence-electron chi connectivity index (χ3n) is 2.12. The van der Waals surface area contributed by atoms with E-state index in [2.05, 4.69) is 0 Å². The van der Waals surface area contributed by atoms with Crippen LogP contribution in [0.4, 0.5) is 10.5 Å². The molecule has 0 aliphatic carbocycles. The topological polar surface area (TPSA) is 106 Å². The molecule has 1 aromatic carbocycles. The highest BCUT2D eigenvalue weighted by molar-refractivity contribution is 7.89. The van der Waals surface area contributed by atoms with Gasteiger partial charge < -0.3 is 11.5 Å². The number of anilines is 1. The number of nitrogen functional groups attached to an aromatic ring is 1. The molecule has 0 heterocycles. The lowest BCUT2D eigenvalue weighted by molar-refractivity contribution is 0.225. The molecule has 1 rings (SSSR count). The van der Waals surface area contributed by atoms with E-state index >= 15 is 0 Å². The van der Waals surface area contributed by atoms with E-state index < -0.39 is 22.1 Å². The number of benzene rings is 1. The van der Waals surface area contributed by atoms with Crippen molar-refractivity contribution in [1.82, 2.24) is 4.31 Å².